The number of amidine groups is 1. The average Bonchev–Trinajstić information content (AvgIpc) is 3.18. The standard InChI is InChI=1S/C18H18N4O9S2/c1-11-9-31-16(21(11)10-32(25,26)27)8-7-15-17(19-12(2)23)20-22(18(15)24)13-3-5-14(6-4-13)33(28,29)30/h3-9H,10H2,1-2H3,(H,19,20,23)(H,25,26,27)(H,28,29,30). The molecule has 0 saturated carbocycles. The Bertz CT molecular complexity index is 1340. The van der Waals surface area contributed by atoms with E-state index in [-0.39, 0.29) is 27.9 Å². The third-order valence-corrected chi connectivity index (χ3v) is 5.73. The molecule has 176 valence electrons. The van der Waals surface area contributed by atoms with E-state index in [0.29, 0.717) is 5.70 Å². The number of benzene rings is 1. The van der Waals surface area contributed by atoms with Gasteiger partial charge < -0.3 is 10.1 Å². The van der Waals surface area contributed by atoms with Crippen LogP contribution in [-0.4, -0.2) is 54.4 Å². The second-order valence-corrected chi connectivity index (χ2v) is 9.66. The zero-order valence-corrected chi connectivity index (χ0v) is 18.8. The molecule has 1 aromatic carbocycles. The first-order chi connectivity index (χ1) is 15.3. The highest BCUT2D eigenvalue weighted by Crippen LogP contribution is 2.26. The number of carbonyl (C=O) groups excluding carboxylic acids is 2. The number of nitrogens with zero attached hydrogens (tertiary/aromatic N) is 3. The summed E-state index contributed by atoms with van der Waals surface area (Å²) in [4.78, 5) is 25.3. The lowest BCUT2D eigenvalue weighted by atomic mass is 10.2. The van der Waals surface area contributed by atoms with Gasteiger partial charge in [-0.15, -0.1) is 5.10 Å². The fraction of sp³-hybridized carbons (Fsp3) is 0.167. The van der Waals surface area contributed by atoms with Gasteiger partial charge in [0.2, 0.25) is 5.91 Å². The fourth-order valence-electron chi connectivity index (χ4n) is 2.82. The molecule has 13 nitrogen and oxygen atoms in total. The largest absolute Gasteiger partial charge is 0.447 e. The number of hydrazone groups is 1. The Morgan fingerprint density at radius 3 is 2.33 bits per heavy atom. The van der Waals surface area contributed by atoms with Gasteiger partial charge in [-0.2, -0.15) is 21.8 Å². The van der Waals surface area contributed by atoms with Crippen LogP contribution in [0.5, 0.6) is 0 Å². The molecule has 33 heavy (non-hydrogen) atoms. The van der Waals surface area contributed by atoms with Crippen LogP contribution in [-0.2, 0) is 34.6 Å². The first-order valence-corrected chi connectivity index (χ1v) is 12.1. The summed E-state index contributed by atoms with van der Waals surface area (Å²) >= 11 is 0. The normalized spacial score (nSPS) is 19.1. The van der Waals surface area contributed by atoms with Crippen molar-refractivity contribution < 1.29 is 40.3 Å². The summed E-state index contributed by atoms with van der Waals surface area (Å²) in [6, 6.07) is 4.61. The molecule has 2 amide bonds. The lowest BCUT2D eigenvalue weighted by molar-refractivity contribution is -0.117. The van der Waals surface area contributed by atoms with Gasteiger partial charge in [-0.05, 0) is 43.3 Å². The second-order valence-electron chi connectivity index (χ2n) is 6.82. The van der Waals surface area contributed by atoms with Gasteiger partial charge in [0.1, 0.15) is 6.26 Å². The van der Waals surface area contributed by atoms with Crippen molar-refractivity contribution in [2.45, 2.75) is 18.7 Å². The first-order valence-electron chi connectivity index (χ1n) is 9.03. The van der Waals surface area contributed by atoms with E-state index in [1.54, 1.807) is 6.92 Å². The Balaban J connectivity index is 1.95. The molecular formula is C18H18N4O9S2. The number of nitrogens with one attached hydrogen (secondary N) is 1. The summed E-state index contributed by atoms with van der Waals surface area (Å²) in [5.74, 6) is -2.13. The number of rotatable bonds is 5. The van der Waals surface area contributed by atoms with E-state index in [1.165, 1.54) is 37.5 Å². The van der Waals surface area contributed by atoms with Crippen LogP contribution >= 0.6 is 0 Å². The Morgan fingerprint density at radius 2 is 1.79 bits per heavy atom. The third-order valence-electron chi connectivity index (χ3n) is 4.28. The molecule has 1 aromatic rings. The van der Waals surface area contributed by atoms with Crippen LogP contribution in [0.4, 0.5) is 5.69 Å². The molecule has 0 aromatic heterocycles. The molecule has 3 rings (SSSR count). The third kappa shape index (κ3) is 5.64. The lowest BCUT2D eigenvalue weighted by Crippen LogP contribution is -2.29. The fourth-order valence-corrected chi connectivity index (χ4v) is 3.95. The Kier molecular flexibility index (Phi) is 6.42. The van der Waals surface area contributed by atoms with Gasteiger partial charge in [-0.3, -0.25) is 23.6 Å². The molecule has 0 unspecified atom stereocenters. The number of hydrogen-bond donors (Lipinski definition) is 3. The summed E-state index contributed by atoms with van der Waals surface area (Å²) in [6.45, 7) is 2.75. The van der Waals surface area contributed by atoms with Crippen molar-refractivity contribution in [2.75, 3.05) is 10.9 Å². The highest BCUT2D eigenvalue weighted by atomic mass is 32.2. The van der Waals surface area contributed by atoms with Crippen LogP contribution in [0, 0.1) is 0 Å². The van der Waals surface area contributed by atoms with E-state index >= 15 is 0 Å². The van der Waals surface area contributed by atoms with E-state index in [4.69, 9.17) is 13.8 Å². The summed E-state index contributed by atoms with van der Waals surface area (Å²) in [7, 11) is -8.81. The molecule has 2 aliphatic rings. The number of allylic oxidation sites excluding steroid dienone is 3. The number of ether oxygens (including phenoxy) is 1. The van der Waals surface area contributed by atoms with Gasteiger partial charge >= 0.3 is 0 Å². The smallest absolute Gasteiger partial charge is 0.294 e. The van der Waals surface area contributed by atoms with Crippen molar-refractivity contribution in [3.05, 3.63) is 59.8 Å². The monoisotopic (exact) mass is 498 g/mol. The van der Waals surface area contributed by atoms with Crippen molar-refractivity contribution in [3.63, 3.8) is 0 Å². The Morgan fingerprint density at radius 1 is 1.15 bits per heavy atom. The molecule has 3 N–H and O–H groups in total. The Labute approximate surface area is 188 Å². The van der Waals surface area contributed by atoms with Crippen LogP contribution in [0.3, 0.4) is 0 Å². The molecule has 15 heteroatoms. The SMILES string of the molecule is CC(=O)NC1=NN(c2ccc(S(=O)(=O)O)cc2)C(=O)C1=CC=C1OC=C(C)N1CS(=O)(=O)O. The number of anilines is 1. The van der Waals surface area contributed by atoms with Gasteiger partial charge in [-0.1, -0.05) is 0 Å². The van der Waals surface area contributed by atoms with E-state index < -0.39 is 37.9 Å². The van der Waals surface area contributed by atoms with E-state index in [0.717, 1.165) is 22.0 Å². The molecule has 0 spiro atoms. The molecule has 0 atom stereocenters. The van der Waals surface area contributed by atoms with Crippen molar-refractivity contribution in [3.8, 4) is 0 Å². The summed E-state index contributed by atoms with van der Waals surface area (Å²) in [5.41, 5.74) is 0.441. The van der Waals surface area contributed by atoms with Crippen molar-refractivity contribution >= 4 is 43.6 Å². The minimum Gasteiger partial charge on any atom is -0.447 e. The van der Waals surface area contributed by atoms with Gasteiger partial charge in [0, 0.05) is 6.92 Å². The zero-order chi connectivity index (χ0) is 24.6. The van der Waals surface area contributed by atoms with E-state index in [1.807, 2.05) is 0 Å². The van der Waals surface area contributed by atoms with Crippen LogP contribution in [0.1, 0.15) is 13.8 Å². The van der Waals surface area contributed by atoms with Crippen LogP contribution in [0.2, 0.25) is 0 Å². The molecular weight excluding hydrogens is 480 g/mol. The van der Waals surface area contributed by atoms with Crippen LogP contribution in [0.25, 0.3) is 0 Å². The number of carbonyl (C=O) groups is 2. The zero-order valence-electron chi connectivity index (χ0n) is 17.2. The predicted molar refractivity (Wildman–Crippen MR) is 114 cm³/mol. The minimum atomic E-state index is -4.43. The number of hydrogen-bond acceptors (Lipinski definition) is 9. The molecule has 2 heterocycles. The maximum absolute atomic E-state index is 13.0. The molecule has 0 aliphatic carbocycles. The summed E-state index contributed by atoms with van der Waals surface area (Å²) in [5, 5.41) is 7.35. The van der Waals surface area contributed by atoms with Crippen LogP contribution < -0.4 is 10.3 Å². The average molecular weight is 498 g/mol. The number of amides is 2. The van der Waals surface area contributed by atoms with Gasteiger partial charge in [0.05, 0.1) is 21.9 Å². The topological polar surface area (TPSA) is 183 Å². The Hall–Kier alpha value is -3.53. The van der Waals surface area contributed by atoms with E-state index in [9.17, 15) is 26.4 Å². The highest BCUT2D eigenvalue weighted by molar-refractivity contribution is 7.86. The van der Waals surface area contributed by atoms with Crippen LogP contribution in [0.15, 0.2) is 69.8 Å². The second kappa shape index (κ2) is 8.78. The maximum Gasteiger partial charge on any atom is 0.294 e. The van der Waals surface area contributed by atoms with Crippen molar-refractivity contribution in [1.82, 2.24) is 10.2 Å². The summed E-state index contributed by atoms with van der Waals surface area (Å²) in [6.07, 6.45) is 3.74. The molecule has 0 radical (unpaired) electrons. The quantitative estimate of drug-likeness (QED) is 0.382. The maximum atomic E-state index is 13.0. The van der Waals surface area contributed by atoms with Gasteiger partial charge in [0.15, 0.2) is 17.6 Å². The molecule has 0 bridgehead atoms. The van der Waals surface area contributed by atoms with Gasteiger partial charge in [-0.25, -0.2) is 0 Å². The lowest BCUT2D eigenvalue weighted by Gasteiger charge is -2.17. The van der Waals surface area contributed by atoms with Gasteiger partial charge in [0.25, 0.3) is 26.1 Å². The molecule has 2 aliphatic heterocycles. The minimum absolute atomic E-state index is 0.0106. The van der Waals surface area contributed by atoms with Crippen molar-refractivity contribution in [1.29, 1.82) is 0 Å². The molecule has 0 saturated heterocycles. The predicted octanol–water partition coefficient (Wildman–Crippen LogP) is 0.536. The first kappa shape index (κ1) is 24.1. The van der Waals surface area contributed by atoms with Crippen molar-refractivity contribution in [2.24, 2.45) is 5.10 Å². The molecule has 0 fully saturated rings. The van der Waals surface area contributed by atoms with E-state index in [2.05, 4.69) is 10.4 Å². The summed E-state index contributed by atoms with van der Waals surface area (Å²) < 4.78 is 68.4. The highest BCUT2D eigenvalue weighted by Gasteiger charge is 2.32.